The molecule has 1 fully saturated rings. The molecule has 0 saturated heterocycles. The average Bonchev–Trinajstić information content (AvgIpc) is 2.75. The summed E-state index contributed by atoms with van der Waals surface area (Å²) in [5.41, 5.74) is 7.33. The third-order valence-electron chi connectivity index (χ3n) is 3.65. The largest absolute Gasteiger partial charge is 0.378 e. The van der Waals surface area contributed by atoms with Crippen molar-refractivity contribution in [2.45, 2.75) is 58.2 Å². The van der Waals surface area contributed by atoms with Gasteiger partial charge in [0.25, 0.3) is 0 Å². The van der Waals surface area contributed by atoms with Crippen molar-refractivity contribution < 1.29 is 4.74 Å². The first-order valence-corrected chi connectivity index (χ1v) is 7.00. The number of hydrogen-bond acceptors (Lipinski definition) is 4. The molecule has 2 N–H and O–H groups in total. The van der Waals surface area contributed by atoms with E-state index in [2.05, 4.69) is 17.2 Å². The van der Waals surface area contributed by atoms with E-state index in [1.807, 2.05) is 11.6 Å². The standard InChI is InChI=1S/C13H24N4O/c1-3-5-17-13(9-15-16-17)12(14)8-10-6-11(7-10)18-4-2/h9-12H,3-8,14H2,1-2H3. The molecule has 5 nitrogen and oxygen atoms in total. The van der Waals surface area contributed by atoms with Crippen molar-refractivity contribution >= 4 is 0 Å². The lowest BCUT2D eigenvalue weighted by atomic mass is 9.78. The predicted octanol–water partition coefficient (Wildman–Crippen LogP) is 1.89. The van der Waals surface area contributed by atoms with E-state index >= 15 is 0 Å². The molecule has 1 heterocycles. The summed E-state index contributed by atoms with van der Waals surface area (Å²) >= 11 is 0. The van der Waals surface area contributed by atoms with Gasteiger partial charge in [0, 0.05) is 19.2 Å². The van der Waals surface area contributed by atoms with Crippen LogP contribution in [0, 0.1) is 5.92 Å². The highest BCUT2D eigenvalue weighted by Gasteiger charge is 2.31. The highest BCUT2D eigenvalue weighted by Crippen LogP contribution is 2.36. The molecule has 1 aliphatic carbocycles. The summed E-state index contributed by atoms with van der Waals surface area (Å²) in [4.78, 5) is 0. The lowest BCUT2D eigenvalue weighted by Gasteiger charge is -2.36. The zero-order chi connectivity index (χ0) is 13.0. The lowest BCUT2D eigenvalue weighted by Crippen LogP contribution is -2.34. The second kappa shape index (κ2) is 6.29. The minimum atomic E-state index is 0.0547. The highest BCUT2D eigenvalue weighted by molar-refractivity contribution is 5.02. The molecule has 18 heavy (non-hydrogen) atoms. The van der Waals surface area contributed by atoms with Gasteiger partial charge in [0.15, 0.2) is 0 Å². The minimum Gasteiger partial charge on any atom is -0.378 e. The van der Waals surface area contributed by atoms with Crippen LogP contribution in [-0.2, 0) is 11.3 Å². The maximum atomic E-state index is 6.26. The van der Waals surface area contributed by atoms with Crippen molar-refractivity contribution in [3.05, 3.63) is 11.9 Å². The Hall–Kier alpha value is -0.940. The summed E-state index contributed by atoms with van der Waals surface area (Å²) in [7, 11) is 0. The zero-order valence-corrected chi connectivity index (χ0v) is 11.4. The van der Waals surface area contributed by atoms with Gasteiger partial charge >= 0.3 is 0 Å². The van der Waals surface area contributed by atoms with E-state index in [9.17, 15) is 0 Å². The van der Waals surface area contributed by atoms with E-state index in [4.69, 9.17) is 10.5 Å². The van der Waals surface area contributed by atoms with Crippen LogP contribution in [-0.4, -0.2) is 27.7 Å². The first-order valence-electron chi connectivity index (χ1n) is 7.00. The number of aryl methyl sites for hydroxylation is 1. The van der Waals surface area contributed by atoms with Gasteiger partial charge in [-0.25, -0.2) is 4.68 Å². The van der Waals surface area contributed by atoms with Crippen LogP contribution in [0.15, 0.2) is 6.20 Å². The molecule has 0 aromatic carbocycles. The van der Waals surface area contributed by atoms with E-state index in [1.54, 1.807) is 6.20 Å². The van der Waals surface area contributed by atoms with Gasteiger partial charge in [-0.1, -0.05) is 12.1 Å². The molecule has 2 rings (SSSR count). The molecule has 1 unspecified atom stereocenters. The third kappa shape index (κ3) is 3.09. The van der Waals surface area contributed by atoms with Gasteiger partial charge in [-0.2, -0.15) is 0 Å². The Morgan fingerprint density at radius 3 is 2.94 bits per heavy atom. The number of aromatic nitrogens is 3. The van der Waals surface area contributed by atoms with Crippen molar-refractivity contribution in [1.29, 1.82) is 0 Å². The fourth-order valence-corrected chi connectivity index (χ4v) is 2.66. The summed E-state index contributed by atoms with van der Waals surface area (Å²) in [6, 6.07) is 0.0547. The fourth-order valence-electron chi connectivity index (χ4n) is 2.66. The Bertz CT molecular complexity index is 360. The Balaban J connectivity index is 1.81. The first kappa shape index (κ1) is 13.5. The maximum absolute atomic E-state index is 6.26. The van der Waals surface area contributed by atoms with Crippen molar-refractivity contribution in [2.75, 3.05) is 6.61 Å². The lowest BCUT2D eigenvalue weighted by molar-refractivity contribution is -0.0283. The van der Waals surface area contributed by atoms with E-state index < -0.39 is 0 Å². The molecule has 1 saturated carbocycles. The van der Waals surface area contributed by atoms with Gasteiger partial charge in [-0.3, -0.25) is 0 Å². The van der Waals surface area contributed by atoms with Crippen molar-refractivity contribution in [2.24, 2.45) is 11.7 Å². The molecule has 1 aromatic heterocycles. The van der Waals surface area contributed by atoms with Crippen LogP contribution in [0.5, 0.6) is 0 Å². The van der Waals surface area contributed by atoms with Crippen LogP contribution >= 0.6 is 0 Å². The molecule has 0 radical (unpaired) electrons. The summed E-state index contributed by atoms with van der Waals surface area (Å²) in [5, 5.41) is 8.05. The number of ether oxygens (including phenoxy) is 1. The van der Waals surface area contributed by atoms with Gasteiger partial charge in [0.1, 0.15) is 0 Å². The van der Waals surface area contributed by atoms with E-state index in [0.717, 1.165) is 44.5 Å². The fraction of sp³-hybridized carbons (Fsp3) is 0.846. The van der Waals surface area contributed by atoms with Gasteiger partial charge < -0.3 is 10.5 Å². The molecule has 5 heteroatoms. The SMILES string of the molecule is CCCn1nncc1C(N)CC1CC(OCC)C1. The number of rotatable bonds is 7. The molecule has 0 bridgehead atoms. The number of nitrogens with zero attached hydrogens (tertiary/aromatic N) is 3. The van der Waals surface area contributed by atoms with E-state index in [1.165, 1.54) is 0 Å². The molecule has 102 valence electrons. The molecule has 1 atom stereocenters. The highest BCUT2D eigenvalue weighted by atomic mass is 16.5. The average molecular weight is 252 g/mol. The van der Waals surface area contributed by atoms with Gasteiger partial charge in [-0.15, -0.1) is 5.10 Å². The van der Waals surface area contributed by atoms with Crippen LogP contribution in [0.25, 0.3) is 0 Å². The van der Waals surface area contributed by atoms with Crippen LogP contribution < -0.4 is 5.73 Å². The quantitative estimate of drug-likeness (QED) is 0.804. The van der Waals surface area contributed by atoms with Gasteiger partial charge in [0.2, 0.25) is 0 Å². The molecular formula is C13H24N4O. The molecule has 1 aliphatic rings. The third-order valence-corrected chi connectivity index (χ3v) is 3.65. The molecular weight excluding hydrogens is 228 g/mol. The predicted molar refractivity (Wildman–Crippen MR) is 70.0 cm³/mol. The topological polar surface area (TPSA) is 66.0 Å². The Morgan fingerprint density at radius 2 is 2.28 bits per heavy atom. The van der Waals surface area contributed by atoms with Crippen molar-refractivity contribution in [3.8, 4) is 0 Å². The molecule has 0 spiro atoms. The Morgan fingerprint density at radius 1 is 1.50 bits per heavy atom. The van der Waals surface area contributed by atoms with Gasteiger partial charge in [0.05, 0.1) is 18.0 Å². The minimum absolute atomic E-state index is 0.0547. The molecule has 0 amide bonds. The Labute approximate surface area is 109 Å². The summed E-state index contributed by atoms with van der Waals surface area (Å²) < 4.78 is 7.51. The first-order chi connectivity index (χ1) is 8.74. The smallest absolute Gasteiger partial charge is 0.0754 e. The monoisotopic (exact) mass is 252 g/mol. The maximum Gasteiger partial charge on any atom is 0.0754 e. The van der Waals surface area contributed by atoms with Crippen molar-refractivity contribution in [1.82, 2.24) is 15.0 Å². The van der Waals surface area contributed by atoms with Crippen molar-refractivity contribution in [3.63, 3.8) is 0 Å². The number of hydrogen-bond donors (Lipinski definition) is 1. The van der Waals surface area contributed by atoms with Gasteiger partial charge in [-0.05, 0) is 38.5 Å². The zero-order valence-electron chi connectivity index (χ0n) is 11.4. The van der Waals surface area contributed by atoms with Crippen LogP contribution in [0.4, 0.5) is 0 Å². The second-order valence-corrected chi connectivity index (χ2v) is 5.14. The Kier molecular flexibility index (Phi) is 4.72. The number of nitrogens with two attached hydrogens (primary N) is 1. The van der Waals surface area contributed by atoms with Crippen LogP contribution in [0.2, 0.25) is 0 Å². The summed E-state index contributed by atoms with van der Waals surface area (Å²) in [5.74, 6) is 0.696. The van der Waals surface area contributed by atoms with Crippen LogP contribution in [0.1, 0.15) is 51.3 Å². The molecule has 1 aromatic rings. The summed E-state index contributed by atoms with van der Waals surface area (Å²) in [6.07, 6.45) is 6.64. The normalized spacial score (nSPS) is 24.8. The van der Waals surface area contributed by atoms with E-state index in [-0.39, 0.29) is 6.04 Å². The molecule has 0 aliphatic heterocycles. The summed E-state index contributed by atoms with van der Waals surface area (Å²) in [6.45, 7) is 5.90. The second-order valence-electron chi connectivity index (χ2n) is 5.14. The van der Waals surface area contributed by atoms with Crippen LogP contribution in [0.3, 0.4) is 0 Å². The van der Waals surface area contributed by atoms with E-state index in [0.29, 0.717) is 12.0 Å².